The van der Waals surface area contributed by atoms with E-state index in [9.17, 15) is 14.9 Å². The number of hydrogen-bond donors (Lipinski definition) is 1. The maximum absolute atomic E-state index is 12.8. The van der Waals surface area contributed by atoms with Crippen molar-refractivity contribution in [3.63, 3.8) is 0 Å². The molecule has 1 amide bonds. The number of likely N-dealkylation sites (tertiary alicyclic amines) is 1. The van der Waals surface area contributed by atoms with Gasteiger partial charge in [-0.3, -0.25) is 14.9 Å². The third-order valence-electron chi connectivity index (χ3n) is 4.18. The molecule has 0 saturated carbocycles. The number of benzene rings is 1. The first kappa shape index (κ1) is 17.0. The van der Waals surface area contributed by atoms with Gasteiger partial charge in [-0.15, -0.1) is 0 Å². The Kier molecular flexibility index (Phi) is 5.05. The van der Waals surface area contributed by atoms with Crippen LogP contribution in [0.15, 0.2) is 12.1 Å². The molecule has 1 heterocycles. The standard InChI is InChI=1S/C15H21N3O5/c1-9-4-10(7-16)8-17(9)15(19)11-5-13(22-2)14(23-3)6-12(11)18(20)21/h5-6,9-10H,4,7-8,16H2,1-3H3. The Morgan fingerprint density at radius 3 is 2.48 bits per heavy atom. The van der Waals surface area contributed by atoms with Crippen LogP contribution < -0.4 is 15.2 Å². The molecule has 126 valence electrons. The third kappa shape index (κ3) is 3.21. The Morgan fingerprint density at radius 2 is 2.00 bits per heavy atom. The van der Waals surface area contributed by atoms with Crippen LogP contribution in [0.5, 0.6) is 11.5 Å². The van der Waals surface area contributed by atoms with Crippen LogP contribution >= 0.6 is 0 Å². The van der Waals surface area contributed by atoms with E-state index >= 15 is 0 Å². The first-order valence-electron chi connectivity index (χ1n) is 7.34. The second kappa shape index (κ2) is 6.82. The number of methoxy groups -OCH3 is 2. The van der Waals surface area contributed by atoms with Gasteiger partial charge in [0, 0.05) is 18.7 Å². The highest BCUT2D eigenvalue weighted by Gasteiger charge is 2.35. The monoisotopic (exact) mass is 323 g/mol. The van der Waals surface area contributed by atoms with Crippen LogP contribution in [-0.4, -0.2) is 49.1 Å². The number of rotatable bonds is 5. The number of carbonyl (C=O) groups excluding carboxylic acids is 1. The van der Waals surface area contributed by atoms with E-state index in [0.717, 1.165) is 6.42 Å². The zero-order valence-corrected chi connectivity index (χ0v) is 13.4. The summed E-state index contributed by atoms with van der Waals surface area (Å²) in [6.07, 6.45) is 0.795. The highest BCUT2D eigenvalue weighted by Crippen LogP contribution is 2.36. The zero-order chi connectivity index (χ0) is 17.1. The summed E-state index contributed by atoms with van der Waals surface area (Å²) in [6.45, 7) is 2.91. The second-order valence-corrected chi connectivity index (χ2v) is 5.63. The van der Waals surface area contributed by atoms with Gasteiger partial charge in [-0.1, -0.05) is 0 Å². The van der Waals surface area contributed by atoms with E-state index in [2.05, 4.69) is 0 Å². The summed E-state index contributed by atoms with van der Waals surface area (Å²) >= 11 is 0. The Morgan fingerprint density at radius 1 is 1.39 bits per heavy atom. The summed E-state index contributed by atoms with van der Waals surface area (Å²) < 4.78 is 10.2. The summed E-state index contributed by atoms with van der Waals surface area (Å²) in [5, 5.41) is 11.3. The molecular weight excluding hydrogens is 302 g/mol. The fraction of sp³-hybridized carbons (Fsp3) is 0.533. The van der Waals surface area contributed by atoms with Crippen molar-refractivity contribution < 1.29 is 19.2 Å². The van der Waals surface area contributed by atoms with Crippen LogP contribution in [0.25, 0.3) is 0 Å². The molecule has 8 nitrogen and oxygen atoms in total. The fourth-order valence-electron chi connectivity index (χ4n) is 2.94. The molecule has 0 radical (unpaired) electrons. The third-order valence-corrected chi connectivity index (χ3v) is 4.18. The van der Waals surface area contributed by atoms with Gasteiger partial charge in [0.2, 0.25) is 0 Å². The Bertz CT molecular complexity index is 619. The van der Waals surface area contributed by atoms with Crippen molar-refractivity contribution in [3.8, 4) is 11.5 Å². The minimum Gasteiger partial charge on any atom is -0.493 e. The molecule has 0 aromatic heterocycles. The molecule has 2 rings (SSSR count). The normalized spacial score (nSPS) is 20.4. The van der Waals surface area contributed by atoms with Crippen LogP contribution in [0.2, 0.25) is 0 Å². The Balaban J connectivity index is 2.45. The highest BCUT2D eigenvalue weighted by molar-refractivity contribution is 5.99. The Hall–Kier alpha value is -2.35. The van der Waals surface area contributed by atoms with Crippen LogP contribution in [0.3, 0.4) is 0 Å². The first-order valence-corrected chi connectivity index (χ1v) is 7.34. The molecule has 1 aromatic rings. The molecule has 1 aliphatic rings. The second-order valence-electron chi connectivity index (χ2n) is 5.63. The molecule has 23 heavy (non-hydrogen) atoms. The molecule has 1 saturated heterocycles. The Labute approximate surface area is 134 Å². The lowest BCUT2D eigenvalue weighted by Gasteiger charge is -2.22. The largest absolute Gasteiger partial charge is 0.493 e. The lowest BCUT2D eigenvalue weighted by atomic mass is 10.1. The number of amides is 1. The fourth-order valence-corrected chi connectivity index (χ4v) is 2.94. The van der Waals surface area contributed by atoms with Gasteiger partial charge in [0.25, 0.3) is 11.6 Å². The number of nitrogens with zero attached hydrogens (tertiary/aromatic N) is 2. The minimum atomic E-state index is -0.587. The molecule has 1 fully saturated rings. The average Bonchev–Trinajstić information content (AvgIpc) is 2.93. The van der Waals surface area contributed by atoms with Crippen molar-refractivity contribution >= 4 is 11.6 Å². The summed E-state index contributed by atoms with van der Waals surface area (Å²) in [4.78, 5) is 25.2. The molecule has 1 aromatic carbocycles. The SMILES string of the molecule is COc1cc(C(=O)N2CC(CN)CC2C)c([N+](=O)[O-])cc1OC. The number of nitrogens with two attached hydrogens (primary N) is 1. The van der Waals surface area contributed by atoms with Crippen LogP contribution in [-0.2, 0) is 0 Å². The molecule has 0 spiro atoms. The van der Waals surface area contributed by atoms with Gasteiger partial charge in [0.15, 0.2) is 11.5 Å². The summed E-state index contributed by atoms with van der Waals surface area (Å²) in [5.41, 5.74) is 5.38. The zero-order valence-electron chi connectivity index (χ0n) is 13.4. The van der Waals surface area contributed by atoms with Crippen molar-refractivity contribution in [1.82, 2.24) is 4.90 Å². The van der Waals surface area contributed by atoms with Crippen molar-refractivity contribution in [2.75, 3.05) is 27.3 Å². The predicted octanol–water partition coefficient (Wildman–Crippen LogP) is 1.42. The van der Waals surface area contributed by atoms with E-state index < -0.39 is 4.92 Å². The summed E-state index contributed by atoms with van der Waals surface area (Å²) in [7, 11) is 2.80. The lowest BCUT2D eigenvalue weighted by Crippen LogP contribution is -2.34. The maximum atomic E-state index is 12.8. The molecule has 0 aliphatic carbocycles. The maximum Gasteiger partial charge on any atom is 0.286 e. The smallest absolute Gasteiger partial charge is 0.286 e. The van der Waals surface area contributed by atoms with E-state index in [1.54, 1.807) is 4.90 Å². The van der Waals surface area contributed by atoms with Crippen LogP contribution in [0.4, 0.5) is 5.69 Å². The van der Waals surface area contributed by atoms with Gasteiger partial charge in [0.1, 0.15) is 5.56 Å². The van der Waals surface area contributed by atoms with E-state index in [1.165, 1.54) is 26.4 Å². The van der Waals surface area contributed by atoms with E-state index in [-0.39, 0.29) is 40.6 Å². The summed E-state index contributed by atoms with van der Waals surface area (Å²) in [6, 6.07) is 2.57. The van der Waals surface area contributed by atoms with Gasteiger partial charge in [0.05, 0.1) is 25.2 Å². The van der Waals surface area contributed by atoms with Gasteiger partial charge in [-0.2, -0.15) is 0 Å². The van der Waals surface area contributed by atoms with Crippen LogP contribution in [0, 0.1) is 16.0 Å². The highest BCUT2D eigenvalue weighted by atomic mass is 16.6. The minimum absolute atomic E-state index is 0.00262. The topological polar surface area (TPSA) is 108 Å². The van der Waals surface area contributed by atoms with E-state index in [0.29, 0.717) is 13.1 Å². The van der Waals surface area contributed by atoms with Crippen LogP contribution in [0.1, 0.15) is 23.7 Å². The predicted molar refractivity (Wildman–Crippen MR) is 83.9 cm³/mol. The van der Waals surface area contributed by atoms with Crippen molar-refractivity contribution in [2.24, 2.45) is 11.7 Å². The molecule has 2 atom stereocenters. The number of ether oxygens (including phenoxy) is 2. The number of hydrogen-bond acceptors (Lipinski definition) is 6. The van der Waals surface area contributed by atoms with E-state index in [4.69, 9.17) is 15.2 Å². The average molecular weight is 323 g/mol. The van der Waals surface area contributed by atoms with Gasteiger partial charge < -0.3 is 20.1 Å². The van der Waals surface area contributed by atoms with Gasteiger partial charge in [-0.05, 0) is 25.8 Å². The molecular formula is C15H21N3O5. The van der Waals surface area contributed by atoms with Crippen molar-refractivity contribution in [2.45, 2.75) is 19.4 Å². The molecule has 8 heteroatoms. The first-order chi connectivity index (χ1) is 10.9. The quantitative estimate of drug-likeness (QED) is 0.648. The van der Waals surface area contributed by atoms with Crippen molar-refractivity contribution in [1.29, 1.82) is 0 Å². The molecule has 2 unspecified atom stereocenters. The molecule has 0 bridgehead atoms. The number of nitro groups is 1. The summed E-state index contributed by atoms with van der Waals surface area (Å²) in [5.74, 6) is 0.322. The molecule has 2 N–H and O–H groups in total. The lowest BCUT2D eigenvalue weighted by molar-refractivity contribution is -0.385. The van der Waals surface area contributed by atoms with Crippen molar-refractivity contribution in [3.05, 3.63) is 27.8 Å². The van der Waals surface area contributed by atoms with E-state index in [1.807, 2.05) is 6.92 Å². The van der Waals surface area contributed by atoms with Gasteiger partial charge in [-0.25, -0.2) is 0 Å². The number of nitro benzene ring substituents is 1. The number of carbonyl (C=O) groups is 1. The van der Waals surface area contributed by atoms with Gasteiger partial charge >= 0.3 is 0 Å². The molecule has 1 aliphatic heterocycles.